The molecule has 34 heavy (non-hydrogen) atoms. The molecule has 2 aromatic heterocycles. The van der Waals surface area contributed by atoms with Crippen LogP contribution in [0.4, 0.5) is 22.2 Å². The van der Waals surface area contributed by atoms with Gasteiger partial charge in [-0.25, -0.2) is 9.78 Å². The van der Waals surface area contributed by atoms with E-state index in [0.29, 0.717) is 37.8 Å². The van der Waals surface area contributed by atoms with Gasteiger partial charge in [0.25, 0.3) is 0 Å². The lowest BCUT2D eigenvalue weighted by molar-refractivity contribution is -0.130. The van der Waals surface area contributed by atoms with Crippen LogP contribution in [0.15, 0.2) is 60.7 Å². The molecule has 2 amide bonds. The monoisotopic (exact) mass is 461 g/mol. The fourth-order valence-electron chi connectivity index (χ4n) is 3.52. The Hall–Kier alpha value is -4.21. The van der Waals surface area contributed by atoms with E-state index in [4.69, 9.17) is 4.74 Å². The fraction of sp³-hybridized carbons (Fsp3) is 0.292. The van der Waals surface area contributed by atoms with Gasteiger partial charge in [-0.1, -0.05) is 36.4 Å². The average molecular weight is 462 g/mol. The largest absolute Gasteiger partial charge is 0.445 e. The molecule has 1 aliphatic rings. The number of nitrogens with zero attached hydrogens (tertiary/aromatic N) is 5. The summed E-state index contributed by atoms with van der Waals surface area (Å²) in [5, 5.41) is 14.2. The van der Waals surface area contributed by atoms with Crippen LogP contribution in [0, 0.1) is 6.92 Å². The molecule has 2 N–H and O–H groups in total. The minimum Gasteiger partial charge on any atom is -0.445 e. The van der Waals surface area contributed by atoms with Crippen molar-refractivity contribution in [2.45, 2.75) is 13.5 Å². The van der Waals surface area contributed by atoms with Gasteiger partial charge in [-0.2, -0.15) is 0 Å². The summed E-state index contributed by atoms with van der Waals surface area (Å²) in [5.74, 6) is 1.93. The molecule has 10 heteroatoms. The predicted octanol–water partition coefficient (Wildman–Crippen LogP) is 2.50. The molecule has 1 aromatic carbocycles. The first-order valence-corrected chi connectivity index (χ1v) is 11.1. The van der Waals surface area contributed by atoms with E-state index in [0.717, 1.165) is 17.1 Å². The van der Waals surface area contributed by atoms with E-state index in [-0.39, 0.29) is 19.1 Å². The van der Waals surface area contributed by atoms with Gasteiger partial charge < -0.3 is 25.2 Å². The second kappa shape index (κ2) is 11.1. The van der Waals surface area contributed by atoms with Crippen LogP contribution in [0.25, 0.3) is 0 Å². The number of benzene rings is 1. The number of amides is 2. The van der Waals surface area contributed by atoms with Crippen molar-refractivity contribution >= 4 is 29.5 Å². The fourth-order valence-corrected chi connectivity index (χ4v) is 3.52. The molecule has 1 saturated heterocycles. The molecule has 3 aromatic rings. The second-order valence-electron chi connectivity index (χ2n) is 7.85. The predicted molar refractivity (Wildman–Crippen MR) is 128 cm³/mol. The van der Waals surface area contributed by atoms with Crippen LogP contribution in [-0.4, -0.2) is 64.8 Å². The molecule has 0 radical (unpaired) electrons. The minimum absolute atomic E-state index is 0.0964. The van der Waals surface area contributed by atoms with Gasteiger partial charge in [-0.15, -0.1) is 10.2 Å². The van der Waals surface area contributed by atoms with Gasteiger partial charge in [-0.3, -0.25) is 4.79 Å². The smallest absolute Gasteiger partial charge is 0.407 e. The maximum atomic E-state index is 12.5. The molecule has 0 spiro atoms. The molecule has 10 nitrogen and oxygen atoms in total. The van der Waals surface area contributed by atoms with E-state index < -0.39 is 6.09 Å². The normalized spacial score (nSPS) is 13.3. The summed E-state index contributed by atoms with van der Waals surface area (Å²) >= 11 is 0. The highest BCUT2D eigenvalue weighted by atomic mass is 16.5. The number of anilines is 3. The van der Waals surface area contributed by atoms with Crippen LogP contribution in [0.3, 0.4) is 0 Å². The Kier molecular flexibility index (Phi) is 7.49. The molecule has 0 bridgehead atoms. The summed E-state index contributed by atoms with van der Waals surface area (Å²) < 4.78 is 5.14. The first kappa shape index (κ1) is 23.0. The molecule has 3 heterocycles. The highest BCUT2D eigenvalue weighted by Crippen LogP contribution is 2.17. The number of ether oxygens (including phenoxy) is 1. The van der Waals surface area contributed by atoms with Crippen molar-refractivity contribution in [2.24, 2.45) is 0 Å². The van der Waals surface area contributed by atoms with E-state index in [1.54, 1.807) is 4.90 Å². The molecule has 1 fully saturated rings. The van der Waals surface area contributed by atoms with Crippen molar-refractivity contribution in [2.75, 3.05) is 42.9 Å². The molecule has 0 unspecified atom stereocenters. The van der Waals surface area contributed by atoms with Crippen molar-refractivity contribution in [1.82, 2.24) is 25.4 Å². The number of pyridine rings is 1. The molecule has 0 atom stereocenters. The van der Waals surface area contributed by atoms with Crippen LogP contribution in [-0.2, 0) is 16.1 Å². The quantitative estimate of drug-likeness (QED) is 0.552. The van der Waals surface area contributed by atoms with E-state index in [1.165, 1.54) is 0 Å². The third kappa shape index (κ3) is 6.41. The lowest BCUT2D eigenvalue weighted by Crippen LogP contribution is -2.51. The number of rotatable bonds is 7. The zero-order valence-corrected chi connectivity index (χ0v) is 19.0. The van der Waals surface area contributed by atoms with Gasteiger partial charge in [0.15, 0.2) is 11.6 Å². The maximum absolute atomic E-state index is 12.5. The van der Waals surface area contributed by atoms with E-state index >= 15 is 0 Å². The zero-order chi connectivity index (χ0) is 23.8. The first-order valence-electron chi connectivity index (χ1n) is 11.1. The van der Waals surface area contributed by atoms with Gasteiger partial charge >= 0.3 is 6.09 Å². The highest BCUT2D eigenvalue weighted by Gasteiger charge is 2.22. The van der Waals surface area contributed by atoms with Crippen LogP contribution in [0.2, 0.25) is 0 Å². The number of piperazine rings is 1. The van der Waals surface area contributed by atoms with Gasteiger partial charge in [0.1, 0.15) is 19.0 Å². The molecule has 0 saturated carbocycles. The summed E-state index contributed by atoms with van der Waals surface area (Å²) in [6, 6.07) is 18.9. The molecule has 4 rings (SSSR count). The lowest BCUT2D eigenvalue weighted by Gasteiger charge is -2.35. The van der Waals surface area contributed by atoms with Crippen molar-refractivity contribution < 1.29 is 14.3 Å². The molecule has 176 valence electrons. The summed E-state index contributed by atoms with van der Waals surface area (Å²) in [5.41, 5.74) is 1.81. The van der Waals surface area contributed by atoms with Gasteiger partial charge in [-0.05, 0) is 36.8 Å². The van der Waals surface area contributed by atoms with Crippen LogP contribution in [0.5, 0.6) is 0 Å². The number of carbonyl (C=O) groups is 2. The third-order valence-electron chi connectivity index (χ3n) is 5.35. The summed E-state index contributed by atoms with van der Waals surface area (Å²) in [4.78, 5) is 32.5. The van der Waals surface area contributed by atoms with E-state index in [2.05, 4.69) is 30.7 Å². The first-order chi connectivity index (χ1) is 16.6. The Morgan fingerprint density at radius 3 is 2.41 bits per heavy atom. The Bertz CT molecular complexity index is 1100. The average Bonchev–Trinajstić information content (AvgIpc) is 2.87. The van der Waals surface area contributed by atoms with Crippen molar-refractivity contribution in [3.8, 4) is 0 Å². The van der Waals surface area contributed by atoms with Crippen molar-refractivity contribution in [1.29, 1.82) is 0 Å². The minimum atomic E-state index is -0.610. The van der Waals surface area contributed by atoms with Crippen molar-refractivity contribution in [3.63, 3.8) is 0 Å². The van der Waals surface area contributed by atoms with Crippen molar-refractivity contribution in [3.05, 3.63) is 71.9 Å². The lowest BCUT2D eigenvalue weighted by atomic mass is 10.2. The SMILES string of the molecule is Cc1cccc(Nc2ccc(N3CCN(C(=O)CNC(=O)OCc4ccccc4)CC3)nn2)n1. The number of hydrogen-bond acceptors (Lipinski definition) is 8. The number of carbonyl (C=O) groups excluding carboxylic acids is 2. The van der Waals surface area contributed by atoms with E-state index in [1.807, 2.05) is 67.6 Å². The molecular formula is C24H27N7O3. The Balaban J connectivity index is 1.19. The van der Waals surface area contributed by atoms with Gasteiger partial charge in [0.2, 0.25) is 5.91 Å². The summed E-state index contributed by atoms with van der Waals surface area (Å²) in [7, 11) is 0. The van der Waals surface area contributed by atoms with Gasteiger partial charge in [0, 0.05) is 31.9 Å². The Morgan fingerprint density at radius 2 is 1.71 bits per heavy atom. The number of alkyl carbamates (subject to hydrolysis) is 1. The number of aromatic nitrogens is 3. The molecule has 0 aliphatic carbocycles. The van der Waals surface area contributed by atoms with Gasteiger partial charge in [0.05, 0.1) is 0 Å². The Labute approximate surface area is 198 Å². The van der Waals surface area contributed by atoms with Crippen LogP contribution >= 0.6 is 0 Å². The maximum Gasteiger partial charge on any atom is 0.407 e. The van der Waals surface area contributed by atoms with Crippen LogP contribution in [0.1, 0.15) is 11.3 Å². The number of hydrogen-bond donors (Lipinski definition) is 2. The molecule has 1 aliphatic heterocycles. The summed E-state index contributed by atoms with van der Waals surface area (Å²) in [6.07, 6.45) is -0.610. The second-order valence-corrected chi connectivity index (χ2v) is 7.85. The summed E-state index contributed by atoms with van der Waals surface area (Å²) in [6.45, 7) is 4.33. The molecular weight excluding hydrogens is 434 g/mol. The number of aryl methyl sites for hydroxylation is 1. The van der Waals surface area contributed by atoms with E-state index in [9.17, 15) is 9.59 Å². The standard InChI is InChI=1S/C24H27N7O3/c1-18-6-5-9-20(26-18)27-21-10-11-22(29-28-21)30-12-14-31(15-13-30)23(32)16-25-24(33)34-17-19-7-3-2-4-8-19/h2-11H,12-17H2,1H3,(H,25,33)(H,26,27,28). The zero-order valence-electron chi connectivity index (χ0n) is 19.0. The Morgan fingerprint density at radius 1 is 0.912 bits per heavy atom. The topological polar surface area (TPSA) is 113 Å². The van der Waals surface area contributed by atoms with Crippen LogP contribution < -0.4 is 15.5 Å². The third-order valence-corrected chi connectivity index (χ3v) is 5.35. The highest BCUT2D eigenvalue weighted by molar-refractivity contribution is 5.82. The number of nitrogens with one attached hydrogen (secondary N) is 2.